The topological polar surface area (TPSA) is 34.1 Å². The lowest BCUT2D eigenvalue weighted by Crippen LogP contribution is -2.02. The summed E-state index contributed by atoms with van der Waals surface area (Å²) in [5.74, 6) is 1.81. The first-order chi connectivity index (χ1) is 9.67. The Morgan fingerprint density at radius 1 is 1.15 bits per heavy atom. The van der Waals surface area contributed by atoms with Gasteiger partial charge in [0, 0.05) is 12.1 Å². The van der Waals surface area contributed by atoms with Gasteiger partial charge in [0.15, 0.2) is 0 Å². The third-order valence-corrected chi connectivity index (χ3v) is 3.46. The van der Waals surface area contributed by atoms with E-state index in [0.717, 1.165) is 35.8 Å². The van der Waals surface area contributed by atoms with E-state index in [2.05, 4.69) is 43.2 Å². The van der Waals surface area contributed by atoms with E-state index < -0.39 is 0 Å². The average molecular weight is 270 g/mol. The highest BCUT2D eigenvalue weighted by molar-refractivity contribution is 5.71. The number of aromatic nitrogens is 1. The molecular formula is C17H22N2O. The highest BCUT2D eigenvalue weighted by atomic mass is 16.5. The summed E-state index contributed by atoms with van der Waals surface area (Å²) in [7, 11) is 1.71. The van der Waals surface area contributed by atoms with E-state index >= 15 is 0 Å². The Balaban J connectivity index is 2.43. The molecule has 0 aliphatic rings. The van der Waals surface area contributed by atoms with E-state index in [1.807, 2.05) is 18.2 Å². The Morgan fingerprint density at radius 2 is 1.95 bits per heavy atom. The number of anilines is 1. The van der Waals surface area contributed by atoms with E-state index in [9.17, 15) is 0 Å². The number of ether oxygens (including phenoxy) is 1. The molecule has 0 spiro atoms. The Hall–Kier alpha value is -2.03. The maximum atomic E-state index is 5.57. The molecule has 1 N–H and O–H groups in total. The Bertz CT molecular complexity index is 594. The number of aryl methyl sites for hydroxylation is 1. The van der Waals surface area contributed by atoms with Crippen molar-refractivity contribution < 1.29 is 4.74 Å². The summed E-state index contributed by atoms with van der Waals surface area (Å²) in [4.78, 5) is 4.67. The van der Waals surface area contributed by atoms with Crippen molar-refractivity contribution in [2.24, 2.45) is 0 Å². The lowest BCUT2D eigenvalue weighted by Gasteiger charge is -2.14. The molecule has 0 saturated carbocycles. The van der Waals surface area contributed by atoms with Crippen molar-refractivity contribution in [3.8, 4) is 17.0 Å². The molecule has 1 heterocycles. The maximum Gasteiger partial charge on any atom is 0.131 e. The lowest BCUT2D eigenvalue weighted by molar-refractivity contribution is 0.413. The van der Waals surface area contributed by atoms with Crippen LogP contribution in [0.25, 0.3) is 11.3 Å². The van der Waals surface area contributed by atoms with Gasteiger partial charge in [-0.3, -0.25) is 0 Å². The zero-order valence-corrected chi connectivity index (χ0v) is 12.7. The quantitative estimate of drug-likeness (QED) is 0.884. The van der Waals surface area contributed by atoms with Crippen molar-refractivity contribution in [1.29, 1.82) is 0 Å². The fraction of sp³-hybridized carbons (Fsp3) is 0.353. The molecule has 1 aromatic carbocycles. The molecule has 0 aliphatic carbocycles. The number of benzene rings is 1. The van der Waals surface area contributed by atoms with Gasteiger partial charge in [0.25, 0.3) is 0 Å². The third kappa shape index (κ3) is 2.93. The van der Waals surface area contributed by atoms with Crippen molar-refractivity contribution in [3.63, 3.8) is 0 Å². The SMILES string of the molecule is CCCNc1cccc(-c2ccc(C)c(C)c2OC)n1. The molecule has 3 heteroatoms. The van der Waals surface area contributed by atoms with Crippen molar-refractivity contribution in [2.75, 3.05) is 19.0 Å². The molecule has 2 rings (SSSR count). The van der Waals surface area contributed by atoms with Gasteiger partial charge in [-0.2, -0.15) is 0 Å². The third-order valence-electron chi connectivity index (χ3n) is 3.46. The summed E-state index contributed by atoms with van der Waals surface area (Å²) in [6, 6.07) is 10.2. The fourth-order valence-corrected chi connectivity index (χ4v) is 2.19. The maximum absolute atomic E-state index is 5.57. The van der Waals surface area contributed by atoms with Crippen molar-refractivity contribution in [3.05, 3.63) is 41.5 Å². The van der Waals surface area contributed by atoms with Crippen LogP contribution in [0.15, 0.2) is 30.3 Å². The van der Waals surface area contributed by atoms with E-state index in [0.29, 0.717) is 0 Å². The Kier molecular flexibility index (Phi) is 4.61. The molecule has 0 bridgehead atoms. The first-order valence-corrected chi connectivity index (χ1v) is 7.02. The largest absolute Gasteiger partial charge is 0.496 e. The highest BCUT2D eigenvalue weighted by Crippen LogP contribution is 2.33. The molecular weight excluding hydrogens is 248 g/mol. The predicted octanol–water partition coefficient (Wildman–Crippen LogP) is 4.20. The highest BCUT2D eigenvalue weighted by Gasteiger charge is 2.11. The molecule has 0 unspecified atom stereocenters. The van der Waals surface area contributed by atoms with Crippen molar-refractivity contribution in [2.45, 2.75) is 27.2 Å². The first-order valence-electron chi connectivity index (χ1n) is 7.02. The van der Waals surface area contributed by atoms with E-state index in [1.165, 1.54) is 11.1 Å². The minimum absolute atomic E-state index is 0.907. The number of hydrogen-bond acceptors (Lipinski definition) is 3. The predicted molar refractivity (Wildman–Crippen MR) is 84.5 cm³/mol. The van der Waals surface area contributed by atoms with Gasteiger partial charge in [0.1, 0.15) is 11.6 Å². The number of nitrogens with one attached hydrogen (secondary N) is 1. The van der Waals surface area contributed by atoms with E-state index in [4.69, 9.17) is 4.74 Å². The molecule has 3 nitrogen and oxygen atoms in total. The minimum atomic E-state index is 0.907. The van der Waals surface area contributed by atoms with Gasteiger partial charge < -0.3 is 10.1 Å². The summed E-state index contributed by atoms with van der Waals surface area (Å²) >= 11 is 0. The average Bonchev–Trinajstić information content (AvgIpc) is 2.48. The van der Waals surface area contributed by atoms with Gasteiger partial charge >= 0.3 is 0 Å². The standard InChI is InChI=1S/C17H22N2O/c1-5-11-18-16-8-6-7-15(19-16)14-10-9-12(2)13(3)17(14)20-4/h6-10H,5,11H2,1-4H3,(H,18,19). The van der Waals surface area contributed by atoms with Crippen LogP contribution >= 0.6 is 0 Å². The minimum Gasteiger partial charge on any atom is -0.496 e. The molecule has 0 saturated heterocycles. The van der Waals surface area contributed by atoms with Gasteiger partial charge in [0.05, 0.1) is 12.8 Å². The molecule has 20 heavy (non-hydrogen) atoms. The molecule has 0 radical (unpaired) electrons. The summed E-state index contributed by atoms with van der Waals surface area (Å²) in [5.41, 5.74) is 4.37. The van der Waals surface area contributed by atoms with Crippen LogP contribution in [0.3, 0.4) is 0 Å². The zero-order valence-electron chi connectivity index (χ0n) is 12.7. The molecule has 0 atom stereocenters. The molecule has 0 amide bonds. The number of methoxy groups -OCH3 is 1. The van der Waals surface area contributed by atoms with E-state index in [-0.39, 0.29) is 0 Å². The lowest BCUT2D eigenvalue weighted by atomic mass is 10.0. The number of hydrogen-bond donors (Lipinski definition) is 1. The fourth-order valence-electron chi connectivity index (χ4n) is 2.19. The Labute approximate surface area is 121 Å². The second-order valence-electron chi connectivity index (χ2n) is 4.92. The second-order valence-corrected chi connectivity index (χ2v) is 4.92. The van der Waals surface area contributed by atoms with Crippen LogP contribution in [0.5, 0.6) is 5.75 Å². The monoisotopic (exact) mass is 270 g/mol. The van der Waals surface area contributed by atoms with Gasteiger partial charge in [-0.25, -0.2) is 4.98 Å². The normalized spacial score (nSPS) is 10.4. The van der Waals surface area contributed by atoms with Crippen molar-refractivity contribution in [1.82, 2.24) is 4.98 Å². The molecule has 0 fully saturated rings. The van der Waals surface area contributed by atoms with Gasteiger partial charge in [-0.1, -0.05) is 19.1 Å². The van der Waals surface area contributed by atoms with Crippen LogP contribution < -0.4 is 10.1 Å². The smallest absolute Gasteiger partial charge is 0.131 e. The second kappa shape index (κ2) is 6.42. The van der Waals surface area contributed by atoms with Gasteiger partial charge in [-0.05, 0) is 49.6 Å². The first kappa shape index (κ1) is 14.4. The van der Waals surface area contributed by atoms with Crippen LogP contribution in [0, 0.1) is 13.8 Å². The van der Waals surface area contributed by atoms with Gasteiger partial charge in [-0.15, -0.1) is 0 Å². The summed E-state index contributed by atoms with van der Waals surface area (Å²) in [6.07, 6.45) is 1.08. The van der Waals surface area contributed by atoms with Crippen LogP contribution in [0.2, 0.25) is 0 Å². The van der Waals surface area contributed by atoms with E-state index in [1.54, 1.807) is 7.11 Å². The summed E-state index contributed by atoms with van der Waals surface area (Å²) < 4.78 is 5.57. The van der Waals surface area contributed by atoms with Gasteiger partial charge in [0.2, 0.25) is 0 Å². The summed E-state index contributed by atoms with van der Waals surface area (Å²) in [5, 5.41) is 3.32. The van der Waals surface area contributed by atoms with Crippen molar-refractivity contribution >= 4 is 5.82 Å². The number of rotatable bonds is 5. The number of nitrogens with zero attached hydrogens (tertiary/aromatic N) is 1. The zero-order chi connectivity index (χ0) is 14.5. The summed E-state index contributed by atoms with van der Waals surface area (Å²) in [6.45, 7) is 7.24. The van der Waals surface area contributed by atoms with Crippen LogP contribution in [-0.4, -0.2) is 18.6 Å². The molecule has 1 aromatic heterocycles. The van der Waals surface area contributed by atoms with Crippen LogP contribution in [0.4, 0.5) is 5.82 Å². The van der Waals surface area contributed by atoms with Crippen LogP contribution in [0.1, 0.15) is 24.5 Å². The molecule has 106 valence electrons. The number of pyridine rings is 1. The molecule has 2 aromatic rings. The Morgan fingerprint density at radius 3 is 2.65 bits per heavy atom. The molecule has 0 aliphatic heterocycles. The van der Waals surface area contributed by atoms with Crippen LogP contribution in [-0.2, 0) is 0 Å².